The number of anilines is 1. The predicted molar refractivity (Wildman–Crippen MR) is 133 cm³/mol. The Morgan fingerprint density at radius 3 is 2.54 bits per heavy atom. The number of hydrogen-bond donors (Lipinski definition) is 3. The maximum absolute atomic E-state index is 12.7. The molecular formula is C23H21ClN4O5S2. The van der Waals surface area contributed by atoms with Crippen LogP contribution in [-0.4, -0.2) is 43.6 Å². The number of carbonyl (C=O) groups is 3. The van der Waals surface area contributed by atoms with Gasteiger partial charge in [0.2, 0.25) is 0 Å². The summed E-state index contributed by atoms with van der Waals surface area (Å²) in [6, 6.07) is 14.3. The molecule has 0 radical (unpaired) electrons. The van der Waals surface area contributed by atoms with Gasteiger partial charge in [-0.05, 0) is 60.7 Å². The molecule has 3 N–H and O–H groups in total. The minimum atomic E-state index is -3.99. The van der Waals surface area contributed by atoms with E-state index in [-0.39, 0.29) is 22.1 Å². The maximum Gasteiger partial charge on any atom is 0.269 e. The lowest BCUT2D eigenvalue weighted by molar-refractivity contribution is -0.125. The van der Waals surface area contributed by atoms with Crippen LogP contribution in [0.15, 0.2) is 70.9 Å². The molecule has 3 aromatic rings. The summed E-state index contributed by atoms with van der Waals surface area (Å²) >= 11 is 7.20. The summed E-state index contributed by atoms with van der Waals surface area (Å²) in [7, 11) is -3.99. The van der Waals surface area contributed by atoms with Gasteiger partial charge in [0, 0.05) is 17.1 Å². The van der Waals surface area contributed by atoms with Crippen molar-refractivity contribution in [2.75, 3.05) is 11.3 Å². The molecule has 0 aliphatic carbocycles. The van der Waals surface area contributed by atoms with Crippen LogP contribution in [0, 0.1) is 0 Å². The number of nitrogens with one attached hydrogen (secondary N) is 3. The van der Waals surface area contributed by atoms with E-state index in [1.165, 1.54) is 46.6 Å². The Morgan fingerprint density at radius 2 is 1.80 bits per heavy atom. The molecule has 1 aromatic heterocycles. The SMILES string of the molecule is O=C(NNC(=O)C1CCCN1C(=O)c1cccs1)c1cccc(S(=O)(=O)Nc2cccc(Cl)c2)c1. The van der Waals surface area contributed by atoms with Gasteiger partial charge in [-0.15, -0.1) is 11.3 Å². The summed E-state index contributed by atoms with van der Waals surface area (Å²) in [5, 5.41) is 2.16. The largest absolute Gasteiger partial charge is 0.326 e. The topological polar surface area (TPSA) is 125 Å². The predicted octanol–water partition coefficient (Wildman–Crippen LogP) is 3.27. The van der Waals surface area contributed by atoms with E-state index in [9.17, 15) is 22.8 Å². The molecule has 2 aromatic carbocycles. The molecule has 3 amide bonds. The van der Waals surface area contributed by atoms with Gasteiger partial charge in [0.15, 0.2) is 0 Å². The summed E-state index contributed by atoms with van der Waals surface area (Å²) in [4.78, 5) is 39.9. The van der Waals surface area contributed by atoms with Gasteiger partial charge in [-0.3, -0.25) is 30.0 Å². The third-order valence-electron chi connectivity index (χ3n) is 5.33. The minimum Gasteiger partial charge on any atom is -0.326 e. The number of likely N-dealkylation sites (tertiary alicyclic amines) is 1. The van der Waals surface area contributed by atoms with E-state index in [1.807, 2.05) is 0 Å². The summed E-state index contributed by atoms with van der Waals surface area (Å²) in [6.07, 6.45) is 1.14. The van der Waals surface area contributed by atoms with E-state index in [1.54, 1.807) is 35.7 Å². The Hall–Kier alpha value is -3.41. The van der Waals surface area contributed by atoms with Gasteiger partial charge in [0.25, 0.3) is 27.7 Å². The number of benzene rings is 2. The molecule has 0 spiro atoms. The monoisotopic (exact) mass is 532 g/mol. The zero-order valence-corrected chi connectivity index (χ0v) is 20.6. The van der Waals surface area contributed by atoms with Crippen LogP contribution >= 0.6 is 22.9 Å². The van der Waals surface area contributed by atoms with Crippen molar-refractivity contribution in [2.24, 2.45) is 0 Å². The summed E-state index contributed by atoms with van der Waals surface area (Å²) in [6.45, 7) is 0.447. The fourth-order valence-electron chi connectivity index (χ4n) is 3.67. The summed E-state index contributed by atoms with van der Waals surface area (Å²) in [5.74, 6) is -1.45. The summed E-state index contributed by atoms with van der Waals surface area (Å²) < 4.78 is 27.9. The molecule has 1 saturated heterocycles. The van der Waals surface area contributed by atoms with Crippen LogP contribution in [0.3, 0.4) is 0 Å². The van der Waals surface area contributed by atoms with Crippen LogP contribution in [0.4, 0.5) is 5.69 Å². The van der Waals surface area contributed by atoms with E-state index in [4.69, 9.17) is 11.6 Å². The second kappa shape index (κ2) is 10.5. The average molecular weight is 533 g/mol. The first-order valence-corrected chi connectivity index (χ1v) is 13.3. The highest BCUT2D eigenvalue weighted by atomic mass is 35.5. The Morgan fingerprint density at radius 1 is 1.00 bits per heavy atom. The van der Waals surface area contributed by atoms with E-state index < -0.39 is 27.9 Å². The van der Waals surface area contributed by atoms with Crippen LogP contribution in [0.5, 0.6) is 0 Å². The number of thiophene rings is 1. The first-order chi connectivity index (χ1) is 16.7. The molecule has 2 heterocycles. The molecule has 1 aliphatic rings. The number of sulfonamides is 1. The molecule has 1 unspecified atom stereocenters. The van der Waals surface area contributed by atoms with E-state index in [2.05, 4.69) is 15.6 Å². The number of hydrogen-bond acceptors (Lipinski definition) is 6. The van der Waals surface area contributed by atoms with Gasteiger partial charge < -0.3 is 4.90 Å². The van der Waals surface area contributed by atoms with Crippen molar-refractivity contribution in [1.29, 1.82) is 0 Å². The van der Waals surface area contributed by atoms with Gasteiger partial charge in [-0.2, -0.15) is 0 Å². The van der Waals surface area contributed by atoms with Gasteiger partial charge in [0.1, 0.15) is 6.04 Å². The highest BCUT2D eigenvalue weighted by Crippen LogP contribution is 2.23. The van der Waals surface area contributed by atoms with E-state index >= 15 is 0 Å². The lowest BCUT2D eigenvalue weighted by Gasteiger charge is -2.23. The molecule has 4 rings (SSSR count). The highest BCUT2D eigenvalue weighted by molar-refractivity contribution is 7.92. The van der Waals surface area contributed by atoms with Crippen LogP contribution in [0.2, 0.25) is 5.02 Å². The first kappa shape index (κ1) is 24.7. The minimum absolute atomic E-state index is 0.0252. The lowest BCUT2D eigenvalue weighted by Crippen LogP contribution is -2.51. The number of hydrazine groups is 1. The Balaban J connectivity index is 1.40. The average Bonchev–Trinajstić information content (AvgIpc) is 3.54. The second-order valence-corrected chi connectivity index (χ2v) is 10.8. The van der Waals surface area contributed by atoms with E-state index in [0.29, 0.717) is 29.3 Å². The zero-order valence-electron chi connectivity index (χ0n) is 18.2. The third-order valence-corrected chi connectivity index (χ3v) is 7.80. The molecule has 9 nitrogen and oxygen atoms in total. The van der Waals surface area contributed by atoms with Crippen molar-refractivity contribution in [3.63, 3.8) is 0 Å². The Kier molecular flexibility index (Phi) is 7.39. The molecule has 35 heavy (non-hydrogen) atoms. The van der Waals surface area contributed by atoms with Gasteiger partial charge in [-0.1, -0.05) is 29.8 Å². The Bertz CT molecular complexity index is 1360. The van der Waals surface area contributed by atoms with Crippen LogP contribution in [0.25, 0.3) is 0 Å². The van der Waals surface area contributed by atoms with Gasteiger partial charge >= 0.3 is 0 Å². The van der Waals surface area contributed by atoms with Crippen molar-refractivity contribution in [3.05, 3.63) is 81.5 Å². The summed E-state index contributed by atoms with van der Waals surface area (Å²) in [5.41, 5.74) is 4.95. The Labute approximate surface area is 211 Å². The molecule has 0 saturated carbocycles. The van der Waals surface area contributed by atoms with Crippen molar-refractivity contribution in [1.82, 2.24) is 15.8 Å². The normalized spacial score (nSPS) is 15.5. The van der Waals surface area contributed by atoms with Crippen LogP contribution in [0.1, 0.15) is 32.9 Å². The number of carbonyl (C=O) groups excluding carboxylic acids is 3. The molecular weight excluding hydrogens is 512 g/mol. The molecule has 182 valence electrons. The van der Waals surface area contributed by atoms with Gasteiger partial charge in [0.05, 0.1) is 15.5 Å². The van der Waals surface area contributed by atoms with Crippen molar-refractivity contribution < 1.29 is 22.8 Å². The lowest BCUT2D eigenvalue weighted by atomic mass is 10.2. The number of halogens is 1. The van der Waals surface area contributed by atoms with Gasteiger partial charge in [-0.25, -0.2) is 8.42 Å². The number of amides is 3. The first-order valence-electron chi connectivity index (χ1n) is 10.6. The smallest absolute Gasteiger partial charge is 0.269 e. The molecule has 1 fully saturated rings. The molecule has 12 heteroatoms. The molecule has 1 atom stereocenters. The number of rotatable bonds is 6. The van der Waals surface area contributed by atoms with Crippen LogP contribution in [-0.2, 0) is 14.8 Å². The quantitative estimate of drug-likeness (QED) is 0.420. The third kappa shape index (κ3) is 5.81. The highest BCUT2D eigenvalue weighted by Gasteiger charge is 2.35. The molecule has 0 bridgehead atoms. The maximum atomic E-state index is 12.7. The number of nitrogens with zero attached hydrogens (tertiary/aromatic N) is 1. The molecule has 1 aliphatic heterocycles. The second-order valence-electron chi connectivity index (χ2n) is 7.72. The van der Waals surface area contributed by atoms with Crippen molar-refractivity contribution >= 4 is 56.4 Å². The van der Waals surface area contributed by atoms with Crippen molar-refractivity contribution in [2.45, 2.75) is 23.8 Å². The zero-order chi connectivity index (χ0) is 25.0. The van der Waals surface area contributed by atoms with Crippen LogP contribution < -0.4 is 15.6 Å². The fraction of sp³-hybridized carbons (Fsp3) is 0.174. The van der Waals surface area contributed by atoms with E-state index in [0.717, 1.165) is 0 Å². The standard InChI is InChI=1S/C23H21ClN4O5S2/c24-16-6-2-7-17(14-16)27-35(32,33)18-8-1-5-15(13-18)21(29)25-26-22(30)19-9-3-11-28(19)23(31)20-10-4-12-34-20/h1-2,4-8,10,12-14,19,27H,3,9,11H2,(H,25,29)(H,26,30). The fourth-order valence-corrected chi connectivity index (χ4v) is 5.63. The van der Waals surface area contributed by atoms with Crippen molar-refractivity contribution in [3.8, 4) is 0 Å².